The quantitative estimate of drug-likeness (QED) is 0.907. The van der Waals surface area contributed by atoms with Gasteiger partial charge in [0.25, 0.3) is 0 Å². The zero-order chi connectivity index (χ0) is 16.2. The fourth-order valence-electron chi connectivity index (χ4n) is 2.62. The van der Waals surface area contributed by atoms with Gasteiger partial charge < -0.3 is 14.5 Å². The van der Waals surface area contributed by atoms with Crippen molar-refractivity contribution < 1.29 is 9.53 Å². The van der Waals surface area contributed by atoms with Gasteiger partial charge in [-0.15, -0.1) is 0 Å². The Bertz CT molecular complexity index is 713. The van der Waals surface area contributed by atoms with Crippen LogP contribution in [0.4, 0.5) is 10.5 Å². The monoisotopic (exact) mass is 317 g/mol. The maximum Gasteiger partial charge on any atom is 0.409 e. The molecule has 1 aromatic carbocycles. The van der Waals surface area contributed by atoms with Gasteiger partial charge in [-0.1, -0.05) is 0 Å². The zero-order valence-corrected chi connectivity index (χ0v) is 12.9. The number of piperazine rings is 1. The molecule has 0 aliphatic carbocycles. The Labute approximate surface area is 133 Å². The van der Waals surface area contributed by atoms with E-state index in [4.69, 9.17) is 4.74 Å². The average Bonchev–Trinajstić information content (AvgIpc) is 3.01. The number of rotatable bonds is 3. The van der Waals surface area contributed by atoms with Gasteiger partial charge in [0.15, 0.2) is 0 Å². The Morgan fingerprint density at radius 2 is 1.83 bits per heavy atom. The summed E-state index contributed by atoms with van der Waals surface area (Å²) < 4.78 is 6.46. The number of anilines is 1. The van der Waals surface area contributed by atoms with E-state index < -0.39 is 0 Å². The number of ether oxygens (including phenoxy) is 1. The molecule has 0 bridgehead atoms. The molecule has 2 aromatic rings. The van der Waals surface area contributed by atoms with Crippen molar-refractivity contribution in [1.29, 1.82) is 0 Å². The third-order valence-corrected chi connectivity index (χ3v) is 3.85. The summed E-state index contributed by atoms with van der Waals surface area (Å²) in [5.74, 6) is 0. The minimum atomic E-state index is -0.263. The third-order valence-electron chi connectivity index (χ3n) is 3.85. The maximum atomic E-state index is 11.7. The molecule has 0 saturated carbocycles. The van der Waals surface area contributed by atoms with Crippen LogP contribution in [-0.2, 0) is 4.74 Å². The van der Waals surface area contributed by atoms with Gasteiger partial charge in [-0.05, 0) is 31.2 Å². The Kier molecular flexibility index (Phi) is 4.31. The van der Waals surface area contributed by atoms with Crippen LogP contribution in [0.1, 0.15) is 6.92 Å². The minimum absolute atomic E-state index is 0.248. The van der Waals surface area contributed by atoms with Gasteiger partial charge in [-0.3, -0.25) is 0 Å². The van der Waals surface area contributed by atoms with Crippen molar-refractivity contribution in [3.8, 4) is 5.69 Å². The van der Waals surface area contributed by atoms with Gasteiger partial charge in [0.2, 0.25) is 0 Å². The van der Waals surface area contributed by atoms with Crippen LogP contribution in [-0.4, -0.2) is 58.5 Å². The highest BCUT2D eigenvalue weighted by Gasteiger charge is 2.21. The number of nitrogens with zero attached hydrogens (tertiary/aromatic N) is 4. The van der Waals surface area contributed by atoms with E-state index in [1.165, 1.54) is 10.9 Å². The van der Waals surface area contributed by atoms with Crippen LogP contribution in [0.3, 0.4) is 0 Å². The molecule has 1 amide bonds. The summed E-state index contributed by atoms with van der Waals surface area (Å²) in [4.78, 5) is 27.2. The van der Waals surface area contributed by atoms with Gasteiger partial charge in [0, 0.05) is 31.9 Å². The fraction of sp³-hybridized carbons (Fsp3) is 0.400. The molecule has 2 heterocycles. The van der Waals surface area contributed by atoms with Crippen molar-refractivity contribution in [3.63, 3.8) is 0 Å². The van der Waals surface area contributed by atoms with E-state index >= 15 is 0 Å². The number of aromatic amines is 1. The summed E-state index contributed by atoms with van der Waals surface area (Å²) in [6.07, 6.45) is 1.21. The Morgan fingerprint density at radius 3 is 2.39 bits per heavy atom. The van der Waals surface area contributed by atoms with E-state index in [9.17, 15) is 9.59 Å². The summed E-state index contributed by atoms with van der Waals surface area (Å²) in [6, 6.07) is 7.69. The van der Waals surface area contributed by atoms with Gasteiger partial charge in [0.1, 0.15) is 6.33 Å². The van der Waals surface area contributed by atoms with Crippen LogP contribution < -0.4 is 10.6 Å². The first-order valence-electron chi connectivity index (χ1n) is 7.58. The maximum absolute atomic E-state index is 11.7. The zero-order valence-electron chi connectivity index (χ0n) is 12.9. The SMILES string of the molecule is CCOC(=O)N1CCN(c2ccc(-n3cn[nH]c3=O)cc2)CC1. The van der Waals surface area contributed by atoms with Crippen LogP contribution in [0.25, 0.3) is 5.69 Å². The van der Waals surface area contributed by atoms with Crippen molar-refractivity contribution in [2.75, 3.05) is 37.7 Å². The lowest BCUT2D eigenvalue weighted by Crippen LogP contribution is -2.49. The lowest BCUT2D eigenvalue weighted by molar-refractivity contribution is 0.105. The van der Waals surface area contributed by atoms with Crippen LogP contribution in [0.5, 0.6) is 0 Å². The molecule has 1 saturated heterocycles. The summed E-state index contributed by atoms with van der Waals surface area (Å²) >= 11 is 0. The number of carbonyl (C=O) groups excluding carboxylic acids is 1. The average molecular weight is 317 g/mol. The molecule has 8 nitrogen and oxygen atoms in total. The number of aromatic nitrogens is 3. The fourth-order valence-corrected chi connectivity index (χ4v) is 2.62. The predicted octanol–water partition coefficient (Wildman–Crippen LogP) is 0.839. The molecule has 3 rings (SSSR count). The molecule has 0 unspecified atom stereocenters. The van der Waals surface area contributed by atoms with E-state index in [1.54, 1.807) is 11.8 Å². The number of amides is 1. The van der Waals surface area contributed by atoms with Gasteiger partial charge in [0.05, 0.1) is 12.3 Å². The smallest absolute Gasteiger partial charge is 0.409 e. The number of carbonyl (C=O) groups is 1. The molecule has 1 aliphatic rings. The first kappa shape index (κ1) is 15.1. The highest BCUT2D eigenvalue weighted by atomic mass is 16.6. The first-order chi connectivity index (χ1) is 11.2. The Morgan fingerprint density at radius 1 is 1.17 bits per heavy atom. The number of benzene rings is 1. The standard InChI is InChI=1S/C15H19N5O3/c1-2-23-15(22)19-9-7-18(8-10-19)12-3-5-13(6-4-12)20-11-16-17-14(20)21/h3-6,11H,2,7-10H2,1H3,(H,17,21). The lowest BCUT2D eigenvalue weighted by Gasteiger charge is -2.35. The van der Waals surface area contributed by atoms with Crippen molar-refractivity contribution in [1.82, 2.24) is 19.7 Å². The highest BCUT2D eigenvalue weighted by molar-refractivity contribution is 5.68. The largest absolute Gasteiger partial charge is 0.450 e. The summed E-state index contributed by atoms with van der Waals surface area (Å²) in [5, 5.41) is 6.08. The molecule has 8 heteroatoms. The molecule has 0 spiro atoms. The second kappa shape index (κ2) is 6.55. The van der Waals surface area contributed by atoms with E-state index in [-0.39, 0.29) is 11.8 Å². The number of nitrogens with one attached hydrogen (secondary N) is 1. The number of H-pyrrole nitrogens is 1. The van der Waals surface area contributed by atoms with E-state index in [0.29, 0.717) is 19.7 Å². The summed E-state index contributed by atoms with van der Waals surface area (Å²) in [7, 11) is 0. The molecule has 1 aromatic heterocycles. The van der Waals surface area contributed by atoms with Gasteiger partial charge >= 0.3 is 11.8 Å². The summed E-state index contributed by atoms with van der Waals surface area (Å²) in [5.41, 5.74) is 1.56. The second-order valence-corrected chi connectivity index (χ2v) is 5.22. The van der Waals surface area contributed by atoms with Crippen LogP contribution in [0, 0.1) is 0 Å². The topological polar surface area (TPSA) is 83.5 Å². The molecule has 1 aliphatic heterocycles. The molecule has 1 N–H and O–H groups in total. The van der Waals surface area contributed by atoms with Gasteiger partial charge in [-0.2, -0.15) is 5.10 Å². The number of hydrogen-bond donors (Lipinski definition) is 1. The summed E-state index contributed by atoms with van der Waals surface area (Å²) in [6.45, 7) is 4.99. The van der Waals surface area contributed by atoms with Crippen LogP contribution >= 0.6 is 0 Å². The van der Waals surface area contributed by atoms with E-state index in [1.807, 2.05) is 24.3 Å². The van der Waals surface area contributed by atoms with E-state index in [0.717, 1.165) is 24.5 Å². The Balaban J connectivity index is 1.64. The molecule has 0 radical (unpaired) electrons. The minimum Gasteiger partial charge on any atom is -0.450 e. The highest BCUT2D eigenvalue weighted by Crippen LogP contribution is 2.18. The van der Waals surface area contributed by atoms with Crippen molar-refractivity contribution >= 4 is 11.8 Å². The molecular weight excluding hydrogens is 298 g/mol. The number of hydrogen-bond acceptors (Lipinski definition) is 5. The lowest BCUT2D eigenvalue weighted by atomic mass is 10.2. The van der Waals surface area contributed by atoms with Crippen molar-refractivity contribution in [2.24, 2.45) is 0 Å². The molecule has 122 valence electrons. The normalized spacial score (nSPS) is 14.8. The molecule has 1 fully saturated rings. The molecular formula is C15H19N5O3. The molecule has 0 atom stereocenters. The third kappa shape index (κ3) is 3.20. The Hall–Kier alpha value is -2.77. The van der Waals surface area contributed by atoms with Crippen LogP contribution in [0.2, 0.25) is 0 Å². The molecule has 23 heavy (non-hydrogen) atoms. The van der Waals surface area contributed by atoms with Crippen molar-refractivity contribution in [3.05, 3.63) is 41.1 Å². The first-order valence-corrected chi connectivity index (χ1v) is 7.58. The van der Waals surface area contributed by atoms with Gasteiger partial charge in [-0.25, -0.2) is 19.3 Å². The van der Waals surface area contributed by atoms with Crippen LogP contribution in [0.15, 0.2) is 35.4 Å². The predicted molar refractivity (Wildman–Crippen MR) is 85.0 cm³/mol. The second-order valence-electron chi connectivity index (χ2n) is 5.22. The van der Waals surface area contributed by atoms with Crippen molar-refractivity contribution in [2.45, 2.75) is 6.92 Å². The van der Waals surface area contributed by atoms with E-state index in [2.05, 4.69) is 15.1 Å².